The molecule has 2 heterocycles. The Morgan fingerprint density at radius 1 is 0.880 bits per heavy atom. The van der Waals surface area contributed by atoms with Crippen molar-refractivity contribution in [1.29, 1.82) is 0 Å². The second-order valence-electron chi connectivity index (χ2n) is 8.82. The highest BCUT2D eigenvalue weighted by Gasteiger charge is 2.52. The van der Waals surface area contributed by atoms with Gasteiger partial charge in [-0.1, -0.05) is 44.2 Å². The number of aliphatic imine (C=N–C) groups is 1. The molecule has 4 rings (SSSR count). The molecule has 0 saturated carbocycles. The second kappa shape index (κ2) is 4.96. The Bertz CT molecular complexity index is 895. The Balaban J connectivity index is 1.95. The van der Waals surface area contributed by atoms with Gasteiger partial charge in [-0.15, -0.1) is 0 Å². The molecule has 1 saturated heterocycles. The molecule has 25 heavy (non-hydrogen) atoms. The molecule has 130 valence electrons. The van der Waals surface area contributed by atoms with Crippen LogP contribution >= 0.6 is 0 Å². The van der Waals surface area contributed by atoms with Crippen LogP contribution in [0.25, 0.3) is 10.8 Å². The predicted molar refractivity (Wildman–Crippen MR) is 105 cm³/mol. The van der Waals surface area contributed by atoms with Gasteiger partial charge >= 0.3 is 7.12 Å². The third kappa shape index (κ3) is 2.24. The largest absolute Gasteiger partial charge is 0.495 e. The molecule has 0 spiro atoms. The zero-order chi connectivity index (χ0) is 18.2. The van der Waals surface area contributed by atoms with Gasteiger partial charge in [0.15, 0.2) is 0 Å². The standard InChI is InChI=1S/C21H26BNO2/c1-13-19(2,3)16-12-17(22-24-20(4,5)21(6,7)25-22)14-10-8-9-11-15(14)18(16)23-13/h8-12H,1-7H3. The van der Waals surface area contributed by atoms with Gasteiger partial charge in [0.2, 0.25) is 0 Å². The van der Waals surface area contributed by atoms with Crippen LogP contribution in [-0.2, 0) is 14.7 Å². The second-order valence-corrected chi connectivity index (χ2v) is 8.82. The Kier molecular flexibility index (Phi) is 3.33. The summed E-state index contributed by atoms with van der Waals surface area (Å²) in [7, 11) is -0.364. The minimum atomic E-state index is -0.364. The highest BCUT2D eigenvalue weighted by molar-refractivity contribution is 6.65. The first-order valence-electron chi connectivity index (χ1n) is 9.02. The van der Waals surface area contributed by atoms with Crippen molar-refractivity contribution in [2.24, 2.45) is 4.99 Å². The van der Waals surface area contributed by atoms with Gasteiger partial charge in [0, 0.05) is 16.5 Å². The summed E-state index contributed by atoms with van der Waals surface area (Å²) in [5.74, 6) is 0. The summed E-state index contributed by atoms with van der Waals surface area (Å²) in [6, 6.07) is 10.7. The van der Waals surface area contributed by atoms with Crippen molar-refractivity contribution in [3.8, 4) is 0 Å². The molecule has 2 aliphatic rings. The minimum absolute atomic E-state index is 0.0717. The number of rotatable bonds is 1. The van der Waals surface area contributed by atoms with E-state index >= 15 is 0 Å². The van der Waals surface area contributed by atoms with Crippen LogP contribution < -0.4 is 5.46 Å². The highest BCUT2D eigenvalue weighted by atomic mass is 16.7. The quantitative estimate of drug-likeness (QED) is 0.717. The lowest BCUT2D eigenvalue weighted by Crippen LogP contribution is -2.41. The first kappa shape index (κ1) is 16.8. The third-order valence-electron chi connectivity index (χ3n) is 6.41. The topological polar surface area (TPSA) is 30.8 Å². The van der Waals surface area contributed by atoms with Crippen molar-refractivity contribution in [1.82, 2.24) is 0 Å². The zero-order valence-corrected chi connectivity index (χ0v) is 16.2. The molecule has 0 bridgehead atoms. The highest BCUT2D eigenvalue weighted by Crippen LogP contribution is 2.44. The van der Waals surface area contributed by atoms with E-state index in [4.69, 9.17) is 14.3 Å². The van der Waals surface area contributed by atoms with E-state index in [9.17, 15) is 0 Å². The number of fused-ring (bicyclic) bond motifs is 3. The summed E-state index contributed by atoms with van der Waals surface area (Å²) in [6.07, 6.45) is 0. The van der Waals surface area contributed by atoms with Gasteiger partial charge in [0.05, 0.1) is 16.9 Å². The normalized spacial score (nSPS) is 23.0. The van der Waals surface area contributed by atoms with Crippen molar-refractivity contribution in [2.45, 2.75) is 65.1 Å². The average Bonchev–Trinajstić information content (AvgIpc) is 2.88. The Labute approximate surface area is 150 Å². The Morgan fingerprint density at radius 2 is 1.44 bits per heavy atom. The lowest BCUT2D eigenvalue weighted by molar-refractivity contribution is 0.00578. The lowest BCUT2D eigenvalue weighted by Gasteiger charge is -2.32. The molecule has 3 nitrogen and oxygen atoms in total. The van der Waals surface area contributed by atoms with Gasteiger partial charge in [-0.05, 0) is 51.0 Å². The predicted octanol–water partition coefficient (Wildman–Crippen LogP) is 4.52. The molecular weight excluding hydrogens is 309 g/mol. The molecule has 0 N–H and O–H groups in total. The van der Waals surface area contributed by atoms with Crippen molar-refractivity contribution in [2.75, 3.05) is 0 Å². The summed E-state index contributed by atoms with van der Waals surface area (Å²) >= 11 is 0. The number of benzene rings is 2. The molecular formula is C21H26BNO2. The van der Waals surface area contributed by atoms with Crippen LogP contribution in [-0.4, -0.2) is 24.0 Å². The van der Waals surface area contributed by atoms with Crippen LogP contribution in [0.2, 0.25) is 0 Å². The van der Waals surface area contributed by atoms with E-state index in [1.165, 1.54) is 10.9 Å². The summed E-state index contributed by atoms with van der Waals surface area (Å²) < 4.78 is 12.7. The molecule has 4 heteroatoms. The van der Waals surface area contributed by atoms with Crippen molar-refractivity contribution in [3.63, 3.8) is 0 Å². The van der Waals surface area contributed by atoms with E-state index < -0.39 is 0 Å². The maximum Gasteiger partial charge on any atom is 0.495 e. The van der Waals surface area contributed by atoms with Gasteiger partial charge in [-0.3, -0.25) is 4.99 Å². The molecule has 2 aliphatic heterocycles. The molecule has 1 fully saturated rings. The summed E-state index contributed by atoms with van der Waals surface area (Å²) in [6.45, 7) is 15.0. The van der Waals surface area contributed by atoms with Gasteiger partial charge in [-0.2, -0.15) is 0 Å². The smallest absolute Gasteiger partial charge is 0.399 e. The molecule has 2 aromatic rings. The van der Waals surface area contributed by atoms with E-state index in [-0.39, 0.29) is 23.7 Å². The molecule has 0 aromatic heterocycles. The first-order chi connectivity index (χ1) is 11.5. The molecule has 0 amide bonds. The van der Waals surface area contributed by atoms with Crippen LogP contribution in [0.5, 0.6) is 0 Å². The number of hydrogen-bond donors (Lipinski definition) is 0. The monoisotopic (exact) mass is 335 g/mol. The van der Waals surface area contributed by atoms with Crippen molar-refractivity contribution in [3.05, 3.63) is 35.9 Å². The first-order valence-corrected chi connectivity index (χ1v) is 9.02. The molecule has 0 atom stereocenters. The molecule has 0 radical (unpaired) electrons. The van der Waals surface area contributed by atoms with Crippen LogP contribution in [0, 0.1) is 0 Å². The van der Waals surface area contributed by atoms with E-state index in [0.717, 1.165) is 22.2 Å². The Hall–Kier alpha value is -1.65. The van der Waals surface area contributed by atoms with E-state index in [0.29, 0.717) is 0 Å². The van der Waals surface area contributed by atoms with Crippen LogP contribution in [0.15, 0.2) is 35.3 Å². The average molecular weight is 335 g/mol. The molecule has 2 aromatic carbocycles. The summed E-state index contributed by atoms with van der Waals surface area (Å²) in [4.78, 5) is 4.89. The molecule has 0 aliphatic carbocycles. The van der Waals surface area contributed by atoms with E-state index in [2.05, 4.69) is 78.8 Å². The fraction of sp³-hybridized carbons (Fsp3) is 0.476. The van der Waals surface area contributed by atoms with Crippen LogP contribution in [0.3, 0.4) is 0 Å². The SMILES string of the molecule is CC1=Nc2c(cc(B3OC(C)(C)C(C)(C)O3)c3ccccc23)C1(C)C. The number of nitrogens with zero attached hydrogens (tertiary/aromatic N) is 1. The van der Waals surface area contributed by atoms with E-state index in [1.54, 1.807) is 0 Å². The van der Waals surface area contributed by atoms with Crippen molar-refractivity contribution < 1.29 is 9.31 Å². The molecule has 0 unspecified atom stereocenters. The fourth-order valence-corrected chi connectivity index (χ4v) is 3.65. The fourth-order valence-electron chi connectivity index (χ4n) is 3.65. The Morgan fingerprint density at radius 3 is 2.04 bits per heavy atom. The summed E-state index contributed by atoms with van der Waals surface area (Å²) in [5, 5.41) is 2.34. The van der Waals surface area contributed by atoms with E-state index in [1.807, 2.05) is 0 Å². The van der Waals surface area contributed by atoms with Crippen LogP contribution in [0.1, 0.15) is 54.0 Å². The lowest BCUT2D eigenvalue weighted by atomic mass is 9.71. The maximum atomic E-state index is 6.35. The van der Waals surface area contributed by atoms with Gasteiger partial charge in [0.1, 0.15) is 0 Å². The number of hydrogen-bond acceptors (Lipinski definition) is 3. The van der Waals surface area contributed by atoms with Gasteiger partial charge in [-0.25, -0.2) is 0 Å². The maximum absolute atomic E-state index is 6.35. The van der Waals surface area contributed by atoms with Crippen molar-refractivity contribution >= 4 is 34.8 Å². The van der Waals surface area contributed by atoms with Gasteiger partial charge < -0.3 is 9.31 Å². The summed E-state index contributed by atoms with van der Waals surface area (Å²) in [5.41, 5.74) is 3.84. The zero-order valence-electron chi connectivity index (χ0n) is 16.2. The van der Waals surface area contributed by atoms with Crippen LogP contribution in [0.4, 0.5) is 5.69 Å². The third-order valence-corrected chi connectivity index (χ3v) is 6.41. The van der Waals surface area contributed by atoms with Gasteiger partial charge in [0.25, 0.3) is 0 Å². The minimum Gasteiger partial charge on any atom is -0.399 e.